The molecular formula is C25H31N5O3. The molecule has 3 rings (SSSR count). The Morgan fingerprint density at radius 2 is 1.79 bits per heavy atom. The van der Waals surface area contributed by atoms with Gasteiger partial charge in [-0.05, 0) is 50.4 Å². The van der Waals surface area contributed by atoms with Crippen molar-refractivity contribution in [1.82, 2.24) is 4.90 Å². The summed E-state index contributed by atoms with van der Waals surface area (Å²) in [5, 5.41) is 11.9. The van der Waals surface area contributed by atoms with Crippen LogP contribution in [0.25, 0.3) is 0 Å². The van der Waals surface area contributed by atoms with Crippen molar-refractivity contribution in [2.75, 3.05) is 61.6 Å². The maximum atomic E-state index is 13.1. The number of nitrogens with one attached hydrogen (secondary N) is 1. The minimum Gasteiger partial charge on any atom is -0.378 e. The summed E-state index contributed by atoms with van der Waals surface area (Å²) in [6.45, 7) is 5.31. The van der Waals surface area contributed by atoms with Gasteiger partial charge in [-0.25, -0.2) is 0 Å². The molecule has 1 unspecified atom stereocenters. The van der Waals surface area contributed by atoms with Crippen LogP contribution in [0.15, 0.2) is 54.6 Å². The van der Waals surface area contributed by atoms with E-state index in [1.54, 1.807) is 23.8 Å². The van der Waals surface area contributed by atoms with Crippen LogP contribution in [0.1, 0.15) is 13.3 Å². The molecule has 174 valence electrons. The van der Waals surface area contributed by atoms with E-state index < -0.39 is 6.04 Å². The maximum Gasteiger partial charge on any atom is 0.244 e. The van der Waals surface area contributed by atoms with Gasteiger partial charge >= 0.3 is 0 Å². The number of benzene rings is 2. The second-order valence-corrected chi connectivity index (χ2v) is 8.02. The second kappa shape index (κ2) is 12.0. The predicted molar refractivity (Wildman–Crippen MR) is 129 cm³/mol. The molecule has 1 atom stereocenters. The Labute approximate surface area is 195 Å². The van der Waals surface area contributed by atoms with Crippen LogP contribution in [-0.2, 0) is 14.3 Å². The minimum absolute atomic E-state index is 0.0685. The average molecular weight is 450 g/mol. The van der Waals surface area contributed by atoms with Gasteiger partial charge in [-0.2, -0.15) is 5.26 Å². The van der Waals surface area contributed by atoms with Crippen molar-refractivity contribution < 1.29 is 14.3 Å². The standard InChI is InChI=1S/C25H31N5O3/c1-20(25(32)30(14-6-13-26)23-7-4-3-5-8-23)28(2)19-24(31)27-21-9-11-22(12-10-21)29-15-17-33-18-16-29/h3-5,7-12,20H,6,14-19H2,1-2H3,(H,27,31). The quantitative estimate of drug-likeness (QED) is 0.633. The van der Waals surface area contributed by atoms with E-state index in [9.17, 15) is 9.59 Å². The van der Waals surface area contributed by atoms with Gasteiger partial charge in [0.25, 0.3) is 0 Å². The molecule has 1 N–H and O–H groups in total. The summed E-state index contributed by atoms with van der Waals surface area (Å²) in [5.74, 6) is -0.346. The van der Waals surface area contributed by atoms with Crippen LogP contribution >= 0.6 is 0 Å². The van der Waals surface area contributed by atoms with Crippen molar-refractivity contribution >= 4 is 28.9 Å². The summed E-state index contributed by atoms with van der Waals surface area (Å²) in [5.41, 5.74) is 2.55. The SMILES string of the molecule is CC(C(=O)N(CCC#N)c1ccccc1)N(C)CC(=O)Nc1ccc(N2CCOCC2)cc1. The number of hydrogen-bond donors (Lipinski definition) is 1. The van der Waals surface area contributed by atoms with E-state index >= 15 is 0 Å². The Morgan fingerprint density at radius 3 is 2.42 bits per heavy atom. The Hall–Kier alpha value is -3.41. The maximum absolute atomic E-state index is 13.1. The topological polar surface area (TPSA) is 88.9 Å². The first-order valence-corrected chi connectivity index (χ1v) is 11.2. The summed E-state index contributed by atoms with van der Waals surface area (Å²) in [4.78, 5) is 31.3. The Bertz CT molecular complexity index is 952. The van der Waals surface area contributed by atoms with Crippen LogP contribution in [0.4, 0.5) is 17.1 Å². The Kier molecular flexibility index (Phi) is 8.81. The van der Waals surface area contributed by atoms with Crippen molar-refractivity contribution in [2.45, 2.75) is 19.4 Å². The second-order valence-electron chi connectivity index (χ2n) is 8.02. The third-order valence-corrected chi connectivity index (χ3v) is 5.72. The third-order valence-electron chi connectivity index (χ3n) is 5.72. The molecule has 1 fully saturated rings. The van der Waals surface area contributed by atoms with Gasteiger partial charge in [-0.15, -0.1) is 0 Å². The number of morpholine rings is 1. The highest BCUT2D eigenvalue weighted by molar-refractivity contribution is 5.98. The van der Waals surface area contributed by atoms with Crippen LogP contribution in [0.2, 0.25) is 0 Å². The van der Waals surface area contributed by atoms with Crippen LogP contribution in [0, 0.1) is 11.3 Å². The molecule has 1 aliphatic heterocycles. The molecule has 8 nitrogen and oxygen atoms in total. The van der Waals surface area contributed by atoms with Crippen molar-refractivity contribution in [3.05, 3.63) is 54.6 Å². The zero-order chi connectivity index (χ0) is 23.6. The number of nitriles is 1. The lowest BCUT2D eigenvalue weighted by molar-refractivity contribution is -0.124. The van der Waals surface area contributed by atoms with Gasteiger partial charge in [0.1, 0.15) is 0 Å². The first kappa shape index (κ1) is 24.2. The number of carbonyl (C=O) groups is 2. The number of nitrogens with zero attached hydrogens (tertiary/aromatic N) is 4. The van der Waals surface area contributed by atoms with E-state index in [-0.39, 0.29) is 24.8 Å². The molecule has 2 amide bonds. The Morgan fingerprint density at radius 1 is 1.12 bits per heavy atom. The van der Waals surface area contributed by atoms with E-state index in [1.165, 1.54) is 0 Å². The lowest BCUT2D eigenvalue weighted by Crippen LogP contribution is -2.48. The number of para-hydroxylation sites is 1. The summed E-state index contributed by atoms with van der Waals surface area (Å²) in [7, 11) is 1.75. The van der Waals surface area contributed by atoms with Crippen molar-refractivity contribution in [2.24, 2.45) is 0 Å². The number of likely N-dealkylation sites (N-methyl/N-ethyl adjacent to an activating group) is 1. The summed E-state index contributed by atoms with van der Waals surface area (Å²) in [6.07, 6.45) is 0.234. The van der Waals surface area contributed by atoms with Gasteiger partial charge in [0.15, 0.2) is 0 Å². The van der Waals surface area contributed by atoms with Gasteiger partial charge in [-0.3, -0.25) is 14.5 Å². The van der Waals surface area contributed by atoms with Gasteiger partial charge in [0.2, 0.25) is 11.8 Å². The average Bonchev–Trinajstić information content (AvgIpc) is 2.85. The van der Waals surface area contributed by atoms with E-state index in [4.69, 9.17) is 10.00 Å². The molecule has 0 radical (unpaired) electrons. The fraction of sp³-hybridized carbons (Fsp3) is 0.400. The summed E-state index contributed by atoms with van der Waals surface area (Å²) >= 11 is 0. The van der Waals surface area contributed by atoms with Crippen LogP contribution < -0.4 is 15.1 Å². The van der Waals surface area contributed by atoms with E-state index in [0.717, 1.165) is 37.7 Å². The van der Waals surface area contributed by atoms with Crippen LogP contribution in [-0.4, -0.2) is 69.2 Å². The lowest BCUT2D eigenvalue weighted by atomic mass is 10.2. The highest BCUT2D eigenvalue weighted by Gasteiger charge is 2.26. The summed E-state index contributed by atoms with van der Waals surface area (Å²) < 4.78 is 5.39. The summed E-state index contributed by atoms with van der Waals surface area (Å²) in [6, 6.07) is 18.6. The highest BCUT2D eigenvalue weighted by atomic mass is 16.5. The fourth-order valence-electron chi connectivity index (χ4n) is 3.69. The number of hydrogen-bond acceptors (Lipinski definition) is 6. The van der Waals surface area contributed by atoms with E-state index in [2.05, 4.69) is 16.3 Å². The van der Waals surface area contributed by atoms with E-state index in [0.29, 0.717) is 12.2 Å². The predicted octanol–water partition coefficient (Wildman–Crippen LogP) is 2.73. The molecule has 2 aromatic rings. The number of anilines is 3. The smallest absolute Gasteiger partial charge is 0.244 e. The number of carbonyl (C=O) groups excluding carboxylic acids is 2. The zero-order valence-corrected chi connectivity index (χ0v) is 19.2. The monoisotopic (exact) mass is 449 g/mol. The van der Waals surface area contributed by atoms with Crippen molar-refractivity contribution in [3.63, 3.8) is 0 Å². The third kappa shape index (κ3) is 6.78. The molecular weight excluding hydrogens is 418 g/mol. The molecule has 1 saturated heterocycles. The highest BCUT2D eigenvalue weighted by Crippen LogP contribution is 2.19. The number of ether oxygens (including phenoxy) is 1. The molecule has 2 aromatic carbocycles. The molecule has 0 aromatic heterocycles. The molecule has 0 aliphatic carbocycles. The van der Waals surface area contributed by atoms with Gasteiger partial charge in [-0.1, -0.05) is 18.2 Å². The van der Waals surface area contributed by atoms with Crippen molar-refractivity contribution in [1.29, 1.82) is 5.26 Å². The van der Waals surface area contributed by atoms with Crippen LogP contribution in [0.5, 0.6) is 0 Å². The molecule has 1 heterocycles. The van der Waals surface area contributed by atoms with Crippen molar-refractivity contribution in [3.8, 4) is 6.07 Å². The van der Waals surface area contributed by atoms with Gasteiger partial charge < -0.3 is 19.9 Å². The molecule has 0 saturated carbocycles. The van der Waals surface area contributed by atoms with E-state index in [1.807, 2.05) is 54.6 Å². The fourth-order valence-corrected chi connectivity index (χ4v) is 3.69. The molecule has 8 heteroatoms. The first-order valence-electron chi connectivity index (χ1n) is 11.2. The Balaban J connectivity index is 1.56. The van der Waals surface area contributed by atoms with Gasteiger partial charge in [0, 0.05) is 36.7 Å². The molecule has 0 spiro atoms. The zero-order valence-electron chi connectivity index (χ0n) is 19.2. The first-order chi connectivity index (χ1) is 16.0. The normalized spacial score (nSPS) is 14.4. The lowest BCUT2D eigenvalue weighted by Gasteiger charge is -2.30. The molecule has 33 heavy (non-hydrogen) atoms. The van der Waals surface area contributed by atoms with Crippen LogP contribution in [0.3, 0.4) is 0 Å². The number of rotatable bonds is 9. The largest absolute Gasteiger partial charge is 0.378 e. The van der Waals surface area contributed by atoms with Gasteiger partial charge in [0.05, 0.1) is 38.3 Å². The minimum atomic E-state index is -0.529. The molecule has 1 aliphatic rings. The number of amides is 2. The molecule has 0 bridgehead atoms.